The van der Waals surface area contributed by atoms with Crippen LogP contribution in [0.3, 0.4) is 0 Å². The van der Waals surface area contributed by atoms with Crippen LogP contribution in [0.1, 0.15) is 11.1 Å². The van der Waals surface area contributed by atoms with Crippen molar-refractivity contribution in [3.05, 3.63) is 96.1 Å². The minimum Gasteiger partial charge on any atom is -0.399 e. The maximum atomic E-state index is 12.0. The van der Waals surface area contributed by atoms with E-state index in [1.165, 1.54) is 12.2 Å². The summed E-state index contributed by atoms with van der Waals surface area (Å²) in [4.78, 5) is 24.0. The van der Waals surface area contributed by atoms with Gasteiger partial charge in [-0.3, -0.25) is 9.59 Å². The summed E-state index contributed by atoms with van der Waals surface area (Å²) in [6.45, 7) is 0. The van der Waals surface area contributed by atoms with E-state index in [2.05, 4.69) is 10.6 Å². The van der Waals surface area contributed by atoms with Crippen molar-refractivity contribution >= 4 is 46.7 Å². The first-order valence-corrected chi connectivity index (χ1v) is 9.27. The number of carbonyl (C=O) groups is 2. The molecule has 0 unspecified atom stereocenters. The van der Waals surface area contributed by atoms with Gasteiger partial charge >= 0.3 is 0 Å². The second-order valence-corrected chi connectivity index (χ2v) is 6.56. The lowest BCUT2D eigenvalue weighted by atomic mass is 10.1. The minimum atomic E-state index is -0.233. The fourth-order valence-electron chi connectivity index (χ4n) is 2.56. The molecule has 0 aliphatic rings. The normalized spacial score (nSPS) is 10.9. The van der Waals surface area contributed by atoms with Gasteiger partial charge < -0.3 is 22.1 Å². The first-order chi connectivity index (χ1) is 14.5. The van der Waals surface area contributed by atoms with E-state index in [4.69, 9.17) is 11.5 Å². The number of nitrogens with two attached hydrogens (primary N) is 2. The summed E-state index contributed by atoms with van der Waals surface area (Å²) in [7, 11) is 0. The van der Waals surface area contributed by atoms with E-state index in [9.17, 15) is 9.59 Å². The van der Waals surface area contributed by atoms with Gasteiger partial charge in [0.15, 0.2) is 0 Å². The van der Waals surface area contributed by atoms with Crippen LogP contribution < -0.4 is 22.1 Å². The molecule has 0 fully saturated rings. The third-order valence-corrected chi connectivity index (χ3v) is 4.15. The summed E-state index contributed by atoms with van der Waals surface area (Å²) in [5.41, 5.74) is 15.6. The average Bonchev–Trinajstić information content (AvgIpc) is 2.75. The van der Waals surface area contributed by atoms with Crippen molar-refractivity contribution in [3.63, 3.8) is 0 Å². The predicted octanol–water partition coefficient (Wildman–Crippen LogP) is 4.15. The van der Waals surface area contributed by atoms with Gasteiger partial charge in [-0.1, -0.05) is 24.3 Å². The lowest BCUT2D eigenvalue weighted by molar-refractivity contribution is -0.112. The van der Waals surface area contributed by atoms with Crippen molar-refractivity contribution in [1.29, 1.82) is 0 Å². The Morgan fingerprint density at radius 2 is 0.900 bits per heavy atom. The molecule has 0 aromatic heterocycles. The first-order valence-electron chi connectivity index (χ1n) is 9.27. The second-order valence-electron chi connectivity index (χ2n) is 6.56. The average molecular weight is 398 g/mol. The van der Waals surface area contributed by atoms with Gasteiger partial charge in [0.05, 0.1) is 0 Å². The summed E-state index contributed by atoms with van der Waals surface area (Å²) in [6, 6.07) is 21.3. The lowest BCUT2D eigenvalue weighted by Gasteiger charge is -2.02. The van der Waals surface area contributed by atoms with E-state index in [-0.39, 0.29) is 11.8 Å². The summed E-state index contributed by atoms with van der Waals surface area (Å²) in [5, 5.41) is 5.53. The maximum Gasteiger partial charge on any atom is 0.248 e. The summed E-state index contributed by atoms with van der Waals surface area (Å²) >= 11 is 0. The van der Waals surface area contributed by atoms with Crippen LogP contribution in [-0.4, -0.2) is 11.8 Å². The molecule has 0 heterocycles. The molecule has 6 N–H and O–H groups in total. The Labute approximate surface area is 174 Å². The third kappa shape index (κ3) is 6.38. The zero-order valence-electron chi connectivity index (χ0n) is 16.2. The summed E-state index contributed by atoms with van der Waals surface area (Å²) in [6.07, 6.45) is 6.35. The maximum absolute atomic E-state index is 12.0. The van der Waals surface area contributed by atoms with Crippen molar-refractivity contribution in [2.45, 2.75) is 0 Å². The topological polar surface area (TPSA) is 110 Å². The number of nitrogen functional groups attached to an aromatic ring is 2. The number of amides is 2. The Hall–Kier alpha value is -4.32. The van der Waals surface area contributed by atoms with Gasteiger partial charge in [0.25, 0.3) is 0 Å². The molecule has 2 amide bonds. The molecule has 6 nitrogen and oxygen atoms in total. The Morgan fingerprint density at radius 3 is 1.23 bits per heavy atom. The number of anilines is 4. The van der Waals surface area contributed by atoms with Crippen molar-refractivity contribution in [1.82, 2.24) is 0 Å². The number of hydrogen-bond acceptors (Lipinski definition) is 4. The Morgan fingerprint density at radius 1 is 0.567 bits per heavy atom. The molecule has 0 saturated heterocycles. The largest absolute Gasteiger partial charge is 0.399 e. The van der Waals surface area contributed by atoms with Gasteiger partial charge in [-0.2, -0.15) is 0 Å². The smallest absolute Gasteiger partial charge is 0.248 e. The quantitative estimate of drug-likeness (QED) is 0.369. The first kappa shape index (κ1) is 20.4. The predicted molar refractivity (Wildman–Crippen MR) is 123 cm³/mol. The van der Waals surface area contributed by atoms with E-state index in [1.807, 2.05) is 24.3 Å². The Balaban J connectivity index is 1.52. The summed E-state index contributed by atoms with van der Waals surface area (Å²) in [5.74, 6) is -0.467. The van der Waals surface area contributed by atoms with E-state index in [0.717, 1.165) is 11.1 Å². The molecule has 0 radical (unpaired) electrons. The standard InChI is InChI=1S/C24H22N4O2/c25-19-7-11-21(12-8-19)27-23(29)15-5-17-1-2-18(4-3-17)6-16-24(30)28-22-13-9-20(26)10-14-22/h1-16H,25-26H2,(H,27,29)(H,28,30). The van der Waals surface area contributed by atoms with Crippen LogP contribution in [0.2, 0.25) is 0 Å². The molecule has 0 saturated carbocycles. The van der Waals surface area contributed by atoms with E-state index in [0.29, 0.717) is 22.7 Å². The minimum absolute atomic E-state index is 0.233. The van der Waals surface area contributed by atoms with Crippen LogP contribution in [0.4, 0.5) is 22.7 Å². The number of carbonyl (C=O) groups excluding carboxylic acids is 2. The second kappa shape index (κ2) is 9.75. The fourth-order valence-corrected chi connectivity index (χ4v) is 2.56. The molecule has 150 valence electrons. The van der Waals surface area contributed by atoms with Gasteiger partial charge in [0.2, 0.25) is 11.8 Å². The van der Waals surface area contributed by atoms with Gasteiger partial charge in [0.1, 0.15) is 0 Å². The lowest BCUT2D eigenvalue weighted by Crippen LogP contribution is -2.07. The highest BCUT2D eigenvalue weighted by Gasteiger charge is 1.99. The van der Waals surface area contributed by atoms with Crippen molar-refractivity contribution in [3.8, 4) is 0 Å². The van der Waals surface area contributed by atoms with E-state index >= 15 is 0 Å². The van der Waals surface area contributed by atoms with Crippen LogP contribution in [0.25, 0.3) is 12.2 Å². The molecule has 3 aromatic carbocycles. The highest BCUT2D eigenvalue weighted by atomic mass is 16.2. The van der Waals surface area contributed by atoms with Gasteiger partial charge in [-0.15, -0.1) is 0 Å². The highest BCUT2D eigenvalue weighted by Crippen LogP contribution is 2.13. The van der Waals surface area contributed by atoms with Crippen LogP contribution in [-0.2, 0) is 9.59 Å². The molecule has 3 aromatic rings. The summed E-state index contributed by atoms with van der Waals surface area (Å²) < 4.78 is 0. The SMILES string of the molecule is Nc1ccc(NC(=O)C=Cc2ccc(C=CC(=O)Nc3ccc(N)cc3)cc2)cc1. The molecule has 0 aliphatic carbocycles. The number of benzene rings is 3. The molecule has 3 rings (SSSR count). The van der Waals surface area contributed by atoms with E-state index in [1.54, 1.807) is 60.7 Å². The van der Waals surface area contributed by atoms with Gasteiger partial charge in [0, 0.05) is 34.9 Å². The molecule has 30 heavy (non-hydrogen) atoms. The van der Waals surface area contributed by atoms with Crippen LogP contribution in [0.5, 0.6) is 0 Å². The molecular formula is C24H22N4O2. The van der Waals surface area contributed by atoms with Crippen LogP contribution in [0, 0.1) is 0 Å². The monoisotopic (exact) mass is 398 g/mol. The molecule has 0 aliphatic heterocycles. The third-order valence-electron chi connectivity index (χ3n) is 4.15. The number of hydrogen-bond donors (Lipinski definition) is 4. The van der Waals surface area contributed by atoms with Crippen molar-refractivity contribution in [2.75, 3.05) is 22.1 Å². The van der Waals surface area contributed by atoms with Gasteiger partial charge in [-0.25, -0.2) is 0 Å². The zero-order chi connectivity index (χ0) is 21.3. The molecule has 0 bridgehead atoms. The molecule has 0 spiro atoms. The van der Waals surface area contributed by atoms with E-state index < -0.39 is 0 Å². The Bertz CT molecular complexity index is 979. The number of rotatable bonds is 6. The highest BCUT2D eigenvalue weighted by molar-refractivity contribution is 6.02. The fraction of sp³-hybridized carbons (Fsp3) is 0. The molecular weight excluding hydrogens is 376 g/mol. The van der Waals surface area contributed by atoms with Crippen LogP contribution >= 0.6 is 0 Å². The zero-order valence-corrected chi connectivity index (χ0v) is 16.2. The van der Waals surface area contributed by atoms with Crippen LogP contribution in [0.15, 0.2) is 84.9 Å². The van der Waals surface area contributed by atoms with Crippen molar-refractivity contribution < 1.29 is 9.59 Å². The Kier molecular flexibility index (Phi) is 6.63. The van der Waals surface area contributed by atoms with Gasteiger partial charge in [-0.05, 0) is 71.8 Å². The molecule has 0 atom stereocenters. The number of nitrogens with one attached hydrogen (secondary N) is 2. The molecule has 6 heteroatoms. The van der Waals surface area contributed by atoms with Crippen molar-refractivity contribution in [2.24, 2.45) is 0 Å².